The van der Waals surface area contributed by atoms with Crippen molar-refractivity contribution in [3.05, 3.63) is 18.0 Å². The first-order chi connectivity index (χ1) is 8.81. The summed E-state index contributed by atoms with van der Waals surface area (Å²) in [7, 11) is 0. The predicted molar refractivity (Wildman–Crippen MR) is 68.6 cm³/mol. The van der Waals surface area contributed by atoms with Gasteiger partial charge in [0, 0.05) is 6.20 Å². The van der Waals surface area contributed by atoms with Crippen LogP contribution in [-0.2, 0) is 0 Å². The molecule has 0 amide bonds. The van der Waals surface area contributed by atoms with Gasteiger partial charge in [0.05, 0.1) is 12.0 Å². The second-order valence-electron chi connectivity index (χ2n) is 5.09. The molecule has 96 valence electrons. The van der Waals surface area contributed by atoms with Gasteiger partial charge in [-0.2, -0.15) is 4.98 Å². The van der Waals surface area contributed by atoms with E-state index in [1.165, 1.54) is 32.1 Å². The summed E-state index contributed by atoms with van der Waals surface area (Å²) in [6, 6.07) is 2.36. The predicted octanol–water partition coefficient (Wildman–Crippen LogP) is 3.49. The Morgan fingerprint density at radius 1 is 1.33 bits per heavy atom. The summed E-state index contributed by atoms with van der Waals surface area (Å²) in [5, 5.41) is 0.928. The topological polar surface area (TPSA) is 48.2 Å². The van der Waals surface area contributed by atoms with Crippen molar-refractivity contribution in [3.8, 4) is 6.01 Å². The molecule has 0 spiro atoms. The van der Waals surface area contributed by atoms with Crippen molar-refractivity contribution in [2.75, 3.05) is 6.61 Å². The van der Waals surface area contributed by atoms with E-state index in [1.54, 1.807) is 6.20 Å². The minimum absolute atomic E-state index is 0.433. The molecule has 2 heterocycles. The fraction of sp³-hybridized carbons (Fsp3) is 0.571. The number of aromatic nitrogens is 2. The molecule has 1 aliphatic carbocycles. The van der Waals surface area contributed by atoms with Gasteiger partial charge in [-0.3, -0.25) is 0 Å². The van der Waals surface area contributed by atoms with Crippen molar-refractivity contribution in [2.45, 2.75) is 39.0 Å². The Kier molecular flexibility index (Phi) is 3.17. The monoisotopic (exact) mass is 246 g/mol. The van der Waals surface area contributed by atoms with Gasteiger partial charge >= 0.3 is 6.01 Å². The number of ether oxygens (including phenoxy) is 1. The van der Waals surface area contributed by atoms with Crippen molar-refractivity contribution in [1.82, 2.24) is 9.97 Å². The maximum Gasteiger partial charge on any atom is 0.319 e. The molecule has 0 bridgehead atoms. The maximum atomic E-state index is 5.68. The second-order valence-corrected chi connectivity index (χ2v) is 5.09. The highest BCUT2D eigenvalue weighted by atomic mass is 16.5. The Hall–Kier alpha value is -1.58. The SMILES string of the molecule is Cc1cc2cnc(OCC3CCCCC3)nc2o1. The van der Waals surface area contributed by atoms with Crippen LogP contribution in [0.1, 0.15) is 37.9 Å². The van der Waals surface area contributed by atoms with Crippen LogP contribution >= 0.6 is 0 Å². The zero-order valence-electron chi connectivity index (χ0n) is 10.7. The van der Waals surface area contributed by atoms with E-state index >= 15 is 0 Å². The van der Waals surface area contributed by atoms with E-state index in [2.05, 4.69) is 9.97 Å². The summed E-state index contributed by atoms with van der Waals surface area (Å²) in [6.45, 7) is 2.63. The Bertz CT molecular complexity index is 530. The lowest BCUT2D eigenvalue weighted by molar-refractivity contribution is 0.196. The van der Waals surface area contributed by atoms with Crippen molar-refractivity contribution in [3.63, 3.8) is 0 Å². The quantitative estimate of drug-likeness (QED) is 0.831. The summed E-state index contributed by atoms with van der Waals surface area (Å²) in [4.78, 5) is 8.49. The molecule has 0 atom stereocenters. The molecular weight excluding hydrogens is 228 g/mol. The van der Waals surface area contributed by atoms with Gasteiger partial charge in [-0.05, 0) is 31.7 Å². The van der Waals surface area contributed by atoms with Crippen LogP contribution < -0.4 is 4.74 Å². The summed E-state index contributed by atoms with van der Waals surface area (Å²) >= 11 is 0. The third kappa shape index (κ3) is 2.47. The van der Waals surface area contributed by atoms with E-state index < -0.39 is 0 Å². The van der Waals surface area contributed by atoms with Crippen LogP contribution in [0.3, 0.4) is 0 Å². The van der Waals surface area contributed by atoms with Crippen LogP contribution in [0, 0.1) is 12.8 Å². The lowest BCUT2D eigenvalue weighted by Crippen LogP contribution is -2.16. The van der Waals surface area contributed by atoms with Crippen molar-refractivity contribution in [2.24, 2.45) is 5.92 Å². The largest absolute Gasteiger partial charge is 0.463 e. The fourth-order valence-electron chi connectivity index (χ4n) is 2.56. The van der Waals surface area contributed by atoms with Gasteiger partial charge in [0.15, 0.2) is 0 Å². The van der Waals surface area contributed by atoms with E-state index in [0.29, 0.717) is 17.6 Å². The molecule has 0 N–H and O–H groups in total. The molecule has 18 heavy (non-hydrogen) atoms. The lowest BCUT2D eigenvalue weighted by Gasteiger charge is -2.20. The minimum Gasteiger partial charge on any atom is -0.463 e. The van der Waals surface area contributed by atoms with Crippen LogP contribution in [0.25, 0.3) is 11.1 Å². The minimum atomic E-state index is 0.433. The molecule has 0 aromatic carbocycles. The number of rotatable bonds is 3. The fourth-order valence-corrected chi connectivity index (χ4v) is 2.56. The van der Waals surface area contributed by atoms with E-state index in [4.69, 9.17) is 9.15 Å². The summed E-state index contributed by atoms with van der Waals surface area (Å²) in [6.07, 6.45) is 8.31. The number of furan rings is 1. The van der Waals surface area contributed by atoms with Crippen LogP contribution in [0.5, 0.6) is 6.01 Å². The molecule has 2 aromatic rings. The molecular formula is C14H18N2O2. The van der Waals surface area contributed by atoms with E-state index in [1.807, 2.05) is 13.0 Å². The van der Waals surface area contributed by atoms with Crippen molar-refractivity contribution in [1.29, 1.82) is 0 Å². The maximum absolute atomic E-state index is 5.68. The molecule has 2 aromatic heterocycles. The Morgan fingerprint density at radius 2 is 2.17 bits per heavy atom. The van der Waals surface area contributed by atoms with Crippen LogP contribution in [0.2, 0.25) is 0 Å². The summed E-state index contributed by atoms with van der Waals surface area (Å²) in [5.74, 6) is 1.51. The molecule has 4 nitrogen and oxygen atoms in total. The van der Waals surface area contributed by atoms with E-state index in [9.17, 15) is 0 Å². The first-order valence-corrected chi connectivity index (χ1v) is 6.67. The van der Waals surface area contributed by atoms with Gasteiger partial charge in [0.25, 0.3) is 0 Å². The van der Waals surface area contributed by atoms with E-state index in [-0.39, 0.29) is 0 Å². The third-order valence-electron chi connectivity index (χ3n) is 3.55. The molecule has 4 heteroatoms. The summed E-state index contributed by atoms with van der Waals surface area (Å²) in [5.41, 5.74) is 0.612. The molecule has 0 aliphatic heterocycles. The Morgan fingerprint density at radius 3 is 3.00 bits per heavy atom. The molecule has 1 fully saturated rings. The van der Waals surface area contributed by atoms with Gasteiger partial charge in [-0.1, -0.05) is 19.3 Å². The number of hydrogen-bond donors (Lipinski definition) is 0. The molecule has 0 radical (unpaired) electrons. The standard InChI is InChI=1S/C14H18N2O2/c1-10-7-12-8-15-14(16-13(12)18-10)17-9-11-5-3-2-4-6-11/h7-8,11H,2-6,9H2,1H3. The van der Waals surface area contributed by atoms with Gasteiger partial charge in [-0.25, -0.2) is 4.98 Å². The Balaban J connectivity index is 1.66. The highest BCUT2D eigenvalue weighted by molar-refractivity contribution is 5.72. The van der Waals surface area contributed by atoms with Crippen LogP contribution in [0.15, 0.2) is 16.7 Å². The summed E-state index contributed by atoms with van der Waals surface area (Å²) < 4.78 is 11.1. The van der Waals surface area contributed by atoms with Crippen LogP contribution in [0.4, 0.5) is 0 Å². The van der Waals surface area contributed by atoms with Crippen LogP contribution in [-0.4, -0.2) is 16.6 Å². The van der Waals surface area contributed by atoms with Gasteiger partial charge in [0.2, 0.25) is 5.71 Å². The van der Waals surface area contributed by atoms with Crippen molar-refractivity contribution < 1.29 is 9.15 Å². The number of fused-ring (bicyclic) bond motifs is 1. The third-order valence-corrected chi connectivity index (χ3v) is 3.55. The second kappa shape index (κ2) is 4.96. The highest BCUT2D eigenvalue weighted by Gasteiger charge is 2.15. The first-order valence-electron chi connectivity index (χ1n) is 6.67. The van der Waals surface area contributed by atoms with E-state index in [0.717, 1.165) is 17.8 Å². The molecule has 3 rings (SSSR count). The van der Waals surface area contributed by atoms with Gasteiger partial charge in [0.1, 0.15) is 5.76 Å². The van der Waals surface area contributed by atoms with Gasteiger partial charge in [-0.15, -0.1) is 0 Å². The smallest absolute Gasteiger partial charge is 0.319 e. The highest BCUT2D eigenvalue weighted by Crippen LogP contribution is 2.24. The average molecular weight is 246 g/mol. The zero-order chi connectivity index (χ0) is 12.4. The lowest BCUT2D eigenvalue weighted by atomic mass is 9.90. The first kappa shape index (κ1) is 11.5. The number of hydrogen-bond acceptors (Lipinski definition) is 4. The zero-order valence-corrected chi connectivity index (χ0v) is 10.7. The molecule has 1 aliphatic rings. The number of nitrogens with zero attached hydrogens (tertiary/aromatic N) is 2. The van der Waals surface area contributed by atoms with Gasteiger partial charge < -0.3 is 9.15 Å². The van der Waals surface area contributed by atoms with Crippen molar-refractivity contribution >= 4 is 11.1 Å². The average Bonchev–Trinajstić information content (AvgIpc) is 2.77. The molecule has 0 unspecified atom stereocenters. The number of aryl methyl sites for hydroxylation is 1. The Labute approximate surface area is 106 Å². The normalized spacial score (nSPS) is 17.2. The molecule has 1 saturated carbocycles. The molecule has 0 saturated heterocycles.